The van der Waals surface area contributed by atoms with Crippen molar-refractivity contribution in [2.75, 3.05) is 6.26 Å². The van der Waals surface area contributed by atoms with Crippen LogP contribution in [-0.2, 0) is 13.6 Å². The van der Waals surface area contributed by atoms with Crippen LogP contribution >= 0.6 is 19.4 Å². The first-order valence-corrected chi connectivity index (χ1v) is 9.40. The fourth-order valence-electron chi connectivity index (χ4n) is 1.70. The van der Waals surface area contributed by atoms with Gasteiger partial charge in [0.1, 0.15) is 0 Å². The first kappa shape index (κ1) is 17.1. The molecule has 0 radical (unpaired) electrons. The van der Waals surface area contributed by atoms with Crippen LogP contribution in [0.1, 0.15) is 27.7 Å². The molecule has 2 rings (SSSR count). The van der Waals surface area contributed by atoms with E-state index >= 15 is 0 Å². The van der Waals surface area contributed by atoms with Crippen LogP contribution in [0.5, 0.6) is 0 Å². The van der Waals surface area contributed by atoms with Gasteiger partial charge in [-0.2, -0.15) is 9.50 Å². The maximum Gasteiger partial charge on any atom is 0.387 e. The van der Waals surface area contributed by atoms with Crippen LogP contribution < -0.4 is 11.0 Å². The van der Waals surface area contributed by atoms with E-state index < -0.39 is 25.4 Å². The average molecular weight is 347 g/mol. The van der Waals surface area contributed by atoms with Gasteiger partial charge in [-0.05, 0) is 34.0 Å². The highest BCUT2D eigenvalue weighted by Gasteiger charge is 2.36. The quantitative estimate of drug-likeness (QED) is 0.613. The Bertz CT molecular complexity index is 757. The van der Waals surface area contributed by atoms with Crippen molar-refractivity contribution in [1.82, 2.24) is 24.8 Å². The van der Waals surface area contributed by atoms with E-state index in [4.69, 9.17) is 9.05 Å². The van der Waals surface area contributed by atoms with Crippen molar-refractivity contribution in [2.24, 2.45) is 0 Å². The molecule has 2 heterocycles. The molecular weight excluding hydrogens is 329 g/mol. The third kappa shape index (κ3) is 3.40. The molecule has 1 N–H and O–H groups in total. The first-order chi connectivity index (χ1) is 10.3. The second-order valence-electron chi connectivity index (χ2n) is 5.00. The topological polar surface area (TPSA) is 111 Å². The summed E-state index contributed by atoms with van der Waals surface area (Å²) in [5.41, 5.74) is -1.01. The van der Waals surface area contributed by atoms with Crippen molar-refractivity contribution in [1.29, 1.82) is 0 Å². The van der Waals surface area contributed by atoms with Crippen molar-refractivity contribution < 1.29 is 13.6 Å². The lowest BCUT2D eigenvalue weighted by molar-refractivity contribution is 0.149. The van der Waals surface area contributed by atoms with E-state index in [1.165, 1.54) is 11.8 Å². The van der Waals surface area contributed by atoms with Crippen LogP contribution in [0.3, 0.4) is 0 Å². The van der Waals surface area contributed by atoms with E-state index in [-0.39, 0.29) is 11.2 Å². The Morgan fingerprint density at radius 1 is 1.18 bits per heavy atom. The number of hydrogen-bond donors (Lipinski definition) is 1. The number of nitrogens with one attached hydrogen (secondary N) is 1. The summed E-state index contributed by atoms with van der Waals surface area (Å²) in [5, 5.41) is 10.8. The number of aromatic nitrogens is 5. The highest BCUT2D eigenvalue weighted by Crippen LogP contribution is 2.47. The summed E-state index contributed by atoms with van der Waals surface area (Å²) < 4.78 is 24.8. The van der Waals surface area contributed by atoms with Crippen LogP contribution in [0.2, 0.25) is 0 Å². The average Bonchev–Trinajstić information content (AvgIpc) is 2.80. The number of thioether (sulfide) groups is 1. The molecule has 0 atom stereocenters. The number of nitrogens with zero attached hydrogens (tertiary/aromatic N) is 4. The molecule has 0 aliphatic rings. The molecule has 0 bridgehead atoms. The summed E-state index contributed by atoms with van der Waals surface area (Å²) in [7, 11) is -3.89. The predicted octanol–water partition coefficient (Wildman–Crippen LogP) is 1.20. The lowest BCUT2D eigenvalue weighted by Crippen LogP contribution is -2.37. The van der Waals surface area contributed by atoms with Gasteiger partial charge in [0.15, 0.2) is 5.16 Å². The van der Waals surface area contributed by atoms with E-state index in [9.17, 15) is 9.36 Å². The fraction of sp³-hybridized carbons (Fsp3) is 0.636. The van der Waals surface area contributed by atoms with Crippen LogP contribution in [0, 0.1) is 0 Å². The second kappa shape index (κ2) is 6.49. The Morgan fingerprint density at radius 3 is 2.27 bits per heavy atom. The van der Waals surface area contributed by atoms with Gasteiger partial charge in [0.25, 0.3) is 5.78 Å². The number of fused-ring (bicyclic) bond motifs is 1. The van der Waals surface area contributed by atoms with Gasteiger partial charge in [0.2, 0.25) is 5.44 Å². The van der Waals surface area contributed by atoms with Gasteiger partial charge in [0.05, 0.1) is 12.2 Å². The summed E-state index contributed by atoms with van der Waals surface area (Å²) in [5.74, 6) is 0.0961. The molecular formula is C11H18N5O4PS. The number of aromatic amines is 1. The highest BCUT2D eigenvalue weighted by atomic mass is 32.2. The molecule has 11 heteroatoms. The Labute approximate surface area is 131 Å². The standard InChI is InChI=1S/C11H18N5O4PS/c1-6(2)19-21(18,20-7(3)4)8-9(17)16-10(14-13-8)12-11(15-16)22-5/h6-7H,1-5H3,(H,12,14,15). The molecule has 0 unspecified atom stereocenters. The Balaban J connectivity index is 2.61. The summed E-state index contributed by atoms with van der Waals surface area (Å²) >= 11 is 1.31. The molecule has 0 aliphatic heterocycles. The van der Waals surface area contributed by atoms with E-state index in [0.717, 1.165) is 4.52 Å². The summed E-state index contributed by atoms with van der Waals surface area (Å²) in [6.07, 6.45) is 0.983. The molecule has 0 aliphatic carbocycles. The SMILES string of the molecule is CSc1nc2nnc(P(=O)(OC(C)C)OC(C)C)c(=O)n2[nH]1. The van der Waals surface area contributed by atoms with Gasteiger partial charge in [-0.3, -0.25) is 14.5 Å². The Hall–Kier alpha value is -1.22. The molecule has 0 aromatic carbocycles. The lowest BCUT2D eigenvalue weighted by atomic mass is 10.5. The number of rotatable bonds is 6. The van der Waals surface area contributed by atoms with Crippen molar-refractivity contribution in [3.8, 4) is 0 Å². The molecule has 2 aromatic heterocycles. The van der Waals surface area contributed by atoms with Crippen LogP contribution in [0.25, 0.3) is 5.78 Å². The zero-order valence-electron chi connectivity index (χ0n) is 12.9. The second-order valence-corrected chi connectivity index (χ2v) is 7.64. The minimum atomic E-state index is -3.89. The predicted molar refractivity (Wildman–Crippen MR) is 82.9 cm³/mol. The molecule has 9 nitrogen and oxygen atoms in total. The van der Waals surface area contributed by atoms with Gasteiger partial charge < -0.3 is 9.05 Å². The molecule has 122 valence electrons. The van der Waals surface area contributed by atoms with Crippen molar-refractivity contribution in [3.63, 3.8) is 0 Å². The van der Waals surface area contributed by atoms with Crippen molar-refractivity contribution in [2.45, 2.75) is 45.1 Å². The van der Waals surface area contributed by atoms with Gasteiger partial charge in [-0.15, -0.1) is 10.2 Å². The fourth-order valence-corrected chi connectivity index (χ4v) is 3.90. The van der Waals surface area contributed by atoms with Gasteiger partial charge in [0, 0.05) is 0 Å². The maximum atomic E-state index is 13.0. The van der Waals surface area contributed by atoms with Gasteiger partial charge in [-0.25, -0.2) is 0 Å². The van der Waals surface area contributed by atoms with Gasteiger partial charge in [-0.1, -0.05) is 11.8 Å². The van der Waals surface area contributed by atoms with E-state index in [1.54, 1.807) is 34.0 Å². The Morgan fingerprint density at radius 2 is 1.77 bits per heavy atom. The minimum Gasteiger partial charge on any atom is -0.301 e. The smallest absolute Gasteiger partial charge is 0.301 e. The summed E-state index contributed by atoms with van der Waals surface area (Å²) in [6.45, 7) is 6.79. The number of hydrogen-bond acceptors (Lipinski definition) is 8. The summed E-state index contributed by atoms with van der Waals surface area (Å²) in [4.78, 5) is 16.6. The Kier molecular flexibility index (Phi) is 5.06. The highest BCUT2D eigenvalue weighted by molar-refractivity contribution is 7.98. The largest absolute Gasteiger partial charge is 0.387 e. The van der Waals surface area contributed by atoms with E-state index in [1.807, 2.05) is 0 Å². The lowest BCUT2D eigenvalue weighted by Gasteiger charge is -2.20. The van der Waals surface area contributed by atoms with Crippen LogP contribution in [-0.4, -0.2) is 43.3 Å². The monoisotopic (exact) mass is 347 g/mol. The van der Waals surface area contributed by atoms with Crippen LogP contribution in [0.15, 0.2) is 9.95 Å². The third-order valence-corrected chi connectivity index (χ3v) is 5.16. The molecule has 0 saturated heterocycles. The molecule has 22 heavy (non-hydrogen) atoms. The summed E-state index contributed by atoms with van der Waals surface area (Å²) in [6, 6.07) is 0. The van der Waals surface area contributed by atoms with Crippen molar-refractivity contribution >= 4 is 30.6 Å². The first-order valence-electron chi connectivity index (χ1n) is 6.63. The third-order valence-electron chi connectivity index (χ3n) is 2.39. The molecule has 0 spiro atoms. The molecule has 0 amide bonds. The van der Waals surface area contributed by atoms with Crippen LogP contribution in [0.4, 0.5) is 0 Å². The maximum absolute atomic E-state index is 13.0. The minimum absolute atomic E-state index is 0.0961. The zero-order valence-corrected chi connectivity index (χ0v) is 14.6. The van der Waals surface area contributed by atoms with Gasteiger partial charge >= 0.3 is 13.2 Å². The van der Waals surface area contributed by atoms with E-state index in [0.29, 0.717) is 5.16 Å². The van der Waals surface area contributed by atoms with Crippen molar-refractivity contribution in [3.05, 3.63) is 10.4 Å². The zero-order chi connectivity index (χ0) is 16.5. The molecule has 0 saturated carbocycles. The number of H-pyrrole nitrogens is 1. The normalized spacial score (nSPS) is 12.7. The van der Waals surface area contributed by atoms with E-state index in [2.05, 4.69) is 20.3 Å². The molecule has 0 fully saturated rings. The molecule has 2 aromatic rings.